The molecule has 0 aromatic heterocycles. The van der Waals surface area contributed by atoms with E-state index in [-0.39, 0.29) is 11.5 Å². The van der Waals surface area contributed by atoms with Gasteiger partial charge in [-0.15, -0.1) is 0 Å². The second kappa shape index (κ2) is 5.65. The van der Waals surface area contributed by atoms with Crippen LogP contribution in [0.25, 0.3) is 0 Å². The summed E-state index contributed by atoms with van der Waals surface area (Å²) in [5.74, 6) is -1.49. The van der Waals surface area contributed by atoms with Crippen molar-refractivity contribution in [3.8, 4) is 0 Å². The quantitative estimate of drug-likeness (QED) is 0.886. The number of hydrogen-bond donors (Lipinski definition) is 2. The number of carbonyl (C=O) groups excluding carboxylic acids is 1. The van der Waals surface area contributed by atoms with Gasteiger partial charge in [0, 0.05) is 5.56 Å². The molecule has 0 aliphatic carbocycles. The summed E-state index contributed by atoms with van der Waals surface area (Å²) in [7, 11) is 0. The van der Waals surface area contributed by atoms with Gasteiger partial charge in [-0.1, -0.05) is 20.8 Å². The lowest BCUT2D eigenvalue weighted by molar-refractivity contribution is -0.125. The Labute approximate surface area is 112 Å². The van der Waals surface area contributed by atoms with Gasteiger partial charge in [-0.3, -0.25) is 4.79 Å². The predicted molar refractivity (Wildman–Crippen MR) is 70.3 cm³/mol. The first-order valence-corrected chi connectivity index (χ1v) is 6.14. The number of carbonyl (C=O) groups is 1. The molecule has 5 heteroatoms. The SMILES string of the molecule is CC(NC(=O)C(N)C(C)(C)C)c1cc(F)ccc1F. The molecular weight excluding hydrogens is 250 g/mol. The monoisotopic (exact) mass is 270 g/mol. The second-order valence-corrected chi connectivity index (χ2v) is 5.74. The highest BCUT2D eigenvalue weighted by Crippen LogP contribution is 2.21. The van der Waals surface area contributed by atoms with Gasteiger partial charge in [-0.25, -0.2) is 8.78 Å². The van der Waals surface area contributed by atoms with Crippen LogP contribution < -0.4 is 11.1 Å². The Morgan fingerprint density at radius 3 is 2.42 bits per heavy atom. The first kappa shape index (κ1) is 15.6. The molecule has 1 aromatic rings. The fourth-order valence-corrected chi connectivity index (χ4v) is 1.62. The minimum Gasteiger partial charge on any atom is -0.348 e. The number of nitrogens with two attached hydrogens (primary N) is 1. The van der Waals surface area contributed by atoms with Crippen molar-refractivity contribution < 1.29 is 13.6 Å². The molecule has 0 saturated heterocycles. The zero-order valence-electron chi connectivity index (χ0n) is 11.6. The predicted octanol–water partition coefficient (Wildman–Crippen LogP) is 2.52. The second-order valence-electron chi connectivity index (χ2n) is 5.74. The molecule has 0 saturated carbocycles. The summed E-state index contributed by atoms with van der Waals surface area (Å²) in [5.41, 5.74) is 5.52. The van der Waals surface area contributed by atoms with Crippen molar-refractivity contribution in [2.24, 2.45) is 11.1 Å². The smallest absolute Gasteiger partial charge is 0.237 e. The molecule has 2 unspecified atom stereocenters. The van der Waals surface area contributed by atoms with Gasteiger partial charge in [-0.05, 0) is 30.5 Å². The van der Waals surface area contributed by atoms with Gasteiger partial charge in [-0.2, -0.15) is 0 Å². The zero-order valence-corrected chi connectivity index (χ0v) is 11.6. The first-order valence-electron chi connectivity index (χ1n) is 6.14. The molecule has 0 aliphatic heterocycles. The van der Waals surface area contributed by atoms with Crippen LogP contribution in [0.4, 0.5) is 8.78 Å². The van der Waals surface area contributed by atoms with Crippen LogP contribution in [-0.2, 0) is 4.79 Å². The molecule has 2 atom stereocenters. The molecule has 0 heterocycles. The van der Waals surface area contributed by atoms with E-state index >= 15 is 0 Å². The lowest BCUT2D eigenvalue weighted by atomic mass is 9.86. The van der Waals surface area contributed by atoms with Gasteiger partial charge in [0.1, 0.15) is 11.6 Å². The standard InChI is InChI=1S/C14H20F2N2O/c1-8(10-7-9(15)5-6-11(10)16)18-13(19)12(17)14(2,3)4/h5-8,12H,17H2,1-4H3,(H,18,19). The highest BCUT2D eigenvalue weighted by molar-refractivity contribution is 5.82. The summed E-state index contributed by atoms with van der Waals surface area (Å²) >= 11 is 0. The van der Waals surface area contributed by atoms with Crippen LogP contribution in [0.3, 0.4) is 0 Å². The van der Waals surface area contributed by atoms with E-state index in [1.807, 2.05) is 20.8 Å². The van der Waals surface area contributed by atoms with Crippen LogP contribution in [0.2, 0.25) is 0 Å². The Balaban J connectivity index is 2.83. The van der Waals surface area contributed by atoms with Crippen molar-refractivity contribution in [1.29, 1.82) is 0 Å². The van der Waals surface area contributed by atoms with E-state index in [9.17, 15) is 13.6 Å². The van der Waals surface area contributed by atoms with Crippen molar-refractivity contribution in [3.05, 3.63) is 35.4 Å². The van der Waals surface area contributed by atoms with Crippen molar-refractivity contribution >= 4 is 5.91 Å². The highest BCUT2D eigenvalue weighted by Gasteiger charge is 2.28. The summed E-state index contributed by atoms with van der Waals surface area (Å²) in [5, 5.41) is 2.60. The molecule has 0 fully saturated rings. The van der Waals surface area contributed by atoms with Gasteiger partial charge in [0.15, 0.2) is 0 Å². The highest BCUT2D eigenvalue weighted by atomic mass is 19.1. The molecule has 19 heavy (non-hydrogen) atoms. The maximum atomic E-state index is 13.6. The number of hydrogen-bond acceptors (Lipinski definition) is 2. The third-order valence-corrected chi connectivity index (χ3v) is 3.00. The lowest BCUT2D eigenvalue weighted by Gasteiger charge is -2.27. The third kappa shape index (κ3) is 3.99. The van der Waals surface area contributed by atoms with E-state index in [2.05, 4.69) is 5.32 Å². The molecule has 1 rings (SSSR count). The molecule has 106 valence electrons. The maximum absolute atomic E-state index is 13.6. The number of benzene rings is 1. The number of rotatable bonds is 3. The molecule has 0 spiro atoms. The van der Waals surface area contributed by atoms with Gasteiger partial charge >= 0.3 is 0 Å². The van der Waals surface area contributed by atoms with E-state index in [1.54, 1.807) is 6.92 Å². The summed E-state index contributed by atoms with van der Waals surface area (Å²) in [6, 6.07) is 1.79. The molecule has 1 amide bonds. The van der Waals surface area contributed by atoms with E-state index < -0.39 is 29.1 Å². The average Bonchev–Trinajstić information content (AvgIpc) is 2.29. The van der Waals surface area contributed by atoms with Crippen LogP contribution in [0.15, 0.2) is 18.2 Å². The summed E-state index contributed by atoms with van der Waals surface area (Å²) in [6.07, 6.45) is 0. The van der Waals surface area contributed by atoms with Crippen LogP contribution in [-0.4, -0.2) is 11.9 Å². The zero-order chi connectivity index (χ0) is 14.8. The Morgan fingerprint density at radius 2 is 1.89 bits per heavy atom. The van der Waals surface area contributed by atoms with Gasteiger partial charge in [0.2, 0.25) is 5.91 Å². The van der Waals surface area contributed by atoms with E-state index in [0.717, 1.165) is 18.2 Å². The average molecular weight is 270 g/mol. The van der Waals surface area contributed by atoms with Crippen molar-refractivity contribution in [1.82, 2.24) is 5.32 Å². The summed E-state index contributed by atoms with van der Waals surface area (Å²) < 4.78 is 26.6. The van der Waals surface area contributed by atoms with Crippen LogP contribution in [0.5, 0.6) is 0 Å². The van der Waals surface area contributed by atoms with E-state index in [4.69, 9.17) is 5.73 Å². The van der Waals surface area contributed by atoms with Crippen LogP contribution in [0.1, 0.15) is 39.3 Å². The Bertz CT molecular complexity index is 469. The number of nitrogens with one attached hydrogen (secondary N) is 1. The largest absolute Gasteiger partial charge is 0.348 e. The summed E-state index contributed by atoms with van der Waals surface area (Å²) in [4.78, 5) is 11.9. The van der Waals surface area contributed by atoms with Gasteiger partial charge in [0.05, 0.1) is 12.1 Å². The number of halogens is 2. The van der Waals surface area contributed by atoms with Crippen LogP contribution >= 0.6 is 0 Å². The van der Waals surface area contributed by atoms with Crippen molar-refractivity contribution in [2.45, 2.75) is 39.8 Å². The molecule has 0 bridgehead atoms. The van der Waals surface area contributed by atoms with Gasteiger partial charge in [0.25, 0.3) is 0 Å². The molecule has 1 aromatic carbocycles. The van der Waals surface area contributed by atoms with Gasteiger partial charge < -0.3 is 11.1 Å². The molecule has 3 nitrogen and oxygen atoms in total. The number of amides is 1. The molecular formula is C14H20F2N2O. The van der Waals surface area contributed by atoms with Crippen molar-refractivity contribution in [3.63, 3.8) is 0 Å². The molecule has 0 radical (unpaired) electrons. The minimum absolute atomic E-state index is 0.106. The normalized spacial score (nSPS) is 14.9. The Hall–Kier alpha value is -1.49. The van der Waals surface area contributed by atoms with E-state index in [1.165, 1.54) is 0 Å². The minimum atomic E-state index is -0.716. The fraction of sp³-hybridized carbons (Fsp3) is 0.500. The topological polar surface area (TPSA) is 55.1 Å². The molecule has 3 N–H and O–H groups in total. The van der Waals surface area contributed by atoms with E-state index in [0.29, 0.717) is 0 Å². The van der Waals surface area contributed by atoms with Crippen molar-refractivity contribution in [2.75, 3.05) is 0 Å². The first-order chi connectivity index (χ1) is 8.62. The third-order valence-electron chi connectivity index (χ3n) is 3.00. The fourth-order valence-electron chi connectivity index (χ4n) is 1.62. The summed E-state index contributed by atoms with van der Waals surface area (Å²) in [6.45, 7) is 7.10. The Kier molecular flexibility index (Phi) is 4.63. The van der Waals surface area contributed by atoms with Crippen LogP contribution in [0, 0.1) is 17.0 Å². The molecule has 0 aliphatic rings. The Morgan fingerprint density at radius 1 is 1.32 bits per heavy atom. The maximum Gasteiger partial charge on any atom is 0.237 e. The lowest BCUT2D eigenvalue weighted by Crippen LogP contribution is -2.49.